The van der Waals surface area contributed by atoms with Crippen molar-refractivity contribution in [2.45, 2.75) is 24.8 Å². The number of nitrogens with zero attached hydrogens (tertiary/aromatic N) is 2. The van der Waals surface area contributed by atoms with Gasteiger partial charge in [-0.25, -0.2) is 9.37 Å². The summed E-state index contributed by atoms with van der Waals surface area (Å²) >= 11 is 1.74. The van der Waals surface area contributed by atoms with Crippen molar-refractivity contribution >= 4 is 26.7 Å². The van der Waals surface area contributed by atoms with Gasteiger partial charge in [0.1, 0.15) is 11.6 Å². The van der Waals surface area contributed by atoms with Gasteiger partial charge in [-0.1, -0.05) is 29.5 Å². The van der Waals surface area contributed by atoms with Crippen molar-refractivity contribution < 1.29 is 9.13 Å². The van der Waals surface area contributed by atoms with E-state index < -0.39 is 0 Å². The average Bonchev–Trinajstić information content (AvgIpc) is 3.32. The van der Waals surface area contributed by atoms with Gasteiger partial charge in [-0.2, -0.15) is 0 Å². The summed E-state index contributed by atoms with van der Waals surface area (Å²) < 4.78 is 20.2. The van der Waals surface area contributed by atoms with Gasteiger partial charge in [0.05, 0.1) is 22.4 Å². The normalized spacial score (nSPS) is 19.5. The third kappa shape index (κ3) is 3.92. The summed E-state index contributed by atoms with van der Waals surface area (Å²) in [6, 6.07) is 14.6. The van der Waals surface area contributed by atoms with Crippen molar-refractivity contribution in [2.75, 3.05) is 31.6 Å². The Labute approximate surface area is 163 Å². The Balaban J connectivity index is 1.42. The van der Waals surface area contributed by atoms with Crippen LogP contribution in [-0.2, 0) is 0 Å². The summed E-state index contributed by atoms with van der Waals surface area (Å²) in [7, 11) is 2.15. The number of para-hydroxylation sites is 1. The third-order valence-electron chi connectivity index (χ3n) is 5.35. The van der Waals surface area contributed by atoms with Gasteiger partial charge in [-0.05, 0) is 50.1 Å². The SMILES string of the molecule is CN(c1nc2ccccc2s1)C1(CCCOc2cccc(F)c2)CCNC1. The molecule has 142 valence electrons. The van der Waals surface area contributed by atoms with Crippen molar-refractivity contribution in [3.05, 3.63) is 54.3 Å². The summed E-state index contributed by atoms with van der Waals surface area (Å²) in [5.74, 6) is 0.327. The summed E-state index contributed by atoms with van der Waals surface area (Å²) in [5, 5.41) is 4.57. The van der Waals surface area contributed by atoms with E-state index in [0.717, 1.165) is 43.0 Å². The van der Waals surface area contributed by atoms with E-state index in [1.54, 1.807) is 23.5 Å². The largest absolute Gasteiger partial charge is 0.493 e. The van der Waals surface area contributed by atoms with Gasteiger partial charge in [0.25, 0.3) is 0 Å². The predicted octanol–water partition coefficient (Wildman–Crippen LogP) is 4.46. The molecule has 0 amide bonds. The number of rotatable bonds is 7. The van der Waals surface area contributed by atoms with Gasteiger partial charge in [-0.15, -0.1) is 0 Å². The van der Waals surface area contributed by atoms with Gasteiger partial charge in [0, 0.05) is 19.7 Å². The highest BCUT2D eigenvalue weighted by Crippen LogP contribution is 2.36. The Kier molecular flexibility index (Phi) is 5.27. The molecule has 6 heteroatoms. The molecule has 0 aliphatic carbocycles. The molecule has 1 aliphatic heterocycles. The molecular weight excluding hydrogens is 361 g/mol. The number of fused-ring (bicyclic) bond motifs is 1. The quantitative estimate of drug-likeness (QED) is 0.609. The molecule has 0 bridgehead atoms. The van der Waals surface area contributed by atoms with E-state index >= 15 is 0 Å². The van der Waals surface area contributed by atoms with E-state index in [9.17, 15) is 4.39 Å². The molecule has 2 heterocycles. The van der Waals surface area contributed by atoms with Crippen molar-refractivity contribution in [1.82, 2.24) is 10.3 Å². The van der Waals surface area contributed by atoms with Gasteiger partial charge >= 0.3 is 0 Å². The van der Waals surface area contributed by atoms with Crippen LogP contribution < -0.4 is 15.0 Å². The zero-order valence-corrected chi connectivity index (χ0v) is 16.3. The van der Waals surface area contributed by atoms with Crippen LogP contribution in [0.3, 0.4) is 0 Å². The van der Waals surface area contributed by atoms with E-state index in [4.69, 9.17) is 9.72 Å². The number of benzene rings is 2. The molecule has 0 saturated carbocycles. The highest BCUT2D eigenvalue weighted by Gasteiger charge is 2.38. The third-order valence-corrected chi connectivity index (χ3v) is 6.47. The van der Waals surface area contributed by atoms with Gasteiger partial charge in [0.2, 0.25) is 0 Å². The molecule has 1 unspecified atom stereocenters. The first-order chi connectivity index (χ1) is 13.2. The fraction of sp³-hybridized carbons (Fsp3) is 0.381. The van der Waals surface area contributed by atoms with E-state index in [0.29, 0.717) is 12.4 Å². The Hall–Kier alpha value is -2.18. The molecule has 2 aromatic carbocycles. The van der Waals surface area contributed by atoms with Gasteiger partial charge < -0.3 is 15.0 Å². The molecular formula is C21H24FN3OS. The van der Waals surface area contributed by atoms with Gasteiger partial charge in [0.15, 0.2) is 5.13 Å². The maximum absolute atomic E-state index is 13.3. The van der Waals surface area contributed by atoms with Crippen molar-refractivity contribution in [3.63, 3.8) is 0 Å². The van der Waals surface area contributed by atoms with E-state index in [1.807, 2.05) is 6.07 Å². The van der Waals surface area contributed by atoms with Crippen LogP contribution in [-0.4, -0.2) is 37.3 Å². The molecule has 1 saturated heterocycles. The number of anilines is 1. The zero-order valence-electron chi connectivity index (χ0n) is 15.5. The number of hydrogen-bond donors (Lipinski definition) is 1. The second kappa shape index (κ2) is 7.82. The average molecular weight is 386 g/mol. The standard InChI is InChI=1S/C21H24FN3OS/c1-25(20-24-18-8-2-3-9-19(18)27-20)21(11-12-23-15-21)10-5-13-26-17-7-4-6-16(22)14-17/h2-4,6-9,14,23H,5,10-13,15H2,1H3. The topological polar surface area (TPSA) is 37.4 Å². The Morgan fingerprint density at radius 2 is 2.15 bits per heavy atom. The second-order valence-electron chi connectivity index (χ2n) is 7.08. The second-order valence-corrected chi connectivity index (χ2v) is 8.09. The molecule has 0 radical (unpaired) electrons. The molecule has 0 spiro atoms. The molecule has 4 nitrogen and oxygen atoms in total. The number of halogens is 1. The Bertz CT molecular complexity index is 874. The highest BCUT2D eigenvalue weighted by molar-refractivity contribution is 7.22. The first-order valence-electron chi connectivity index (χ1n) is 9.35. The van der Waals surface area contributed by atoms with Crippen LogP contribution in [0.15, 0.2) is 48.5 Å². The molecule has 1 atom stereocenters. The lowest BCUT2D eigenvalue weighted by Crippen LogP contribution is -2.48. The first kappa shape index (κ1) is 18.2. The van der Waals surface area contributed by atoms with Crippen LogP contribution in [0, 0.1) is 5.82 Å². The zero-order chi connectivity index (χ0) is 18.7. The summed E-state index contributed by atoms with van der Waals surface area (Å²) in [6.07, 6.45) is 2.99. The Morgan fingerprint density at radius 1 is 1.26 bits per heavy atom. The summed E-state index contributed by atoms with van der Waals surface area (Å²) in [6.45, 7) is 2.54. The van der Waals surface area contributed by atoms with Crippen molar-refractivity contribution in [1.29, 1.82) is 0 Å². The number of thiazole rings is 1. The summed E-state index contributed by atoms with van der Waals surface area (Å²) in [5.41, 5.74) is 1.10. The smallest absolute Gasteiger partial charge is 0.186 e. The van der Waals surface area contributed by atoms with E-state index in [2.05, 4.69) is 35.5 Å². The molecule has 1 fully saturated rings. The molecule has 1 aromatic heterocycles. The maximum Gasteiger partial charge on any atom is 0.186 e. The molecule has 27 heavy (non-hydrogen) atoms. The molecule has 1 N–H and O–H groups in total. The highest BCUT2D eigenvalue weighted by atomic mass is 32.1. The van der Waals surface area contributed by atoms with E-state index in [-0.39, 0.29) is 11.4 Å². The van der Waals surface area contributed by atoms with Crippen molar-refractivity contribution in [3.8, 4) is 5.75 Å². The number of hydrogen-bond acceptors (Lipinski definition) is 5. The first-order valence-corrected chi connectivity index (χ1v) is 10.2. The minimum atomic E-state index is -0.264. The van der Waals surface area contributed by atoms with Crippen LogP contribution in [0.2, 0.25) is 0 Å². The number of ether oxygens (including phenoxy) is 1. The number of nitrogens with one attached hydrogen (secondary N) is 1. The monoisotopic (exact) mass is 385 g/mol. The van der Waals surface area contributed by atoms with Crippen LogP contribution in [0.4, 0.5) is 9.52 Å². The lowest BCUT2D eigenvalue weighted by Gasteiger charge is -2.38. The van der Waals surface area contributed by atoms with Gasteiger partial charge in [-0.3, -0.25) is 0 Å². The maximum atomic E-state index is 13.3. The molecule has 3 aromatic rings. The minimum absolute atomic E-state index is 0.0408. The fourth-order valence-corrected chi connectivity index (χ4v) is 4.79. The number of likely N-dealkylation sites (N-methyl/N-ethyl adjacent to an activating group) is 1. The number of aromatic nitrogens is 1. The van der Waals surface area contributed by atoms with Crippen LogP contribution >= 0.6 is 11.3 Å². The fourth-order valence-electron chi connectivity index (χ4n) is 3.75. The lowest BCUT2D eigenvalue weighted by atomic mass is 9.91. The van der Waals surface area contributed by atoms with Crippen molar-refractivity contribution in [2.24, 2.45) is 0 Å². The lowest BCUT2D eigenvalue weighted by molar-refractivity contribution is 0.280. The minimum Gasteiger partial charge on any atom is -0.493 e. The van der Waals surface area contributed by atoms with Crippen LogP contribution in [0.25, 0.3) is 10.2 Å². The molecule has 1 aliphatic rings. The van der Waals surface area contributed by atoms with Crippen LogP contribution in [0.5, 0.6) is 5.75 Å². The van der Waals surface area contributed by atoms with E-state index in [1.165, 1.54) is 16.8 Å². The summed E-state index contributed by atoms with van der Waals surface area (Å²) in [4.78, 5) is 7.18. The van der Waals surface area contributed by atoms with Crippen LogP contribution in [0.1, 0.15) is 19.3 Å². The Morgan fingerprint density at radius 3 is 2.93 bits per heavy atom. The predicted molar refractivity (Wildman–Crippen MR) is 109 cm³/mol. The molecule has 4 rings (SSSR count).